The molecule has 4 N–H and O–H groups in total. The van der Waals surface area contributed by atoms with Crippen molar-refractivity contribution in [2.24, 2.45) is 0 Å². The van der Waals surface area contributed by atoms with Gasteiger partial charge < -0.3 is 11.5 Å². The van der Waals surface area contributed by atoms with Gasteiger partial charge in [0.15, 0.2) is 0 Å². The quantitative estimate of drug-likeness (QED) is 0.789. The SMILES string of the molecule is Cc1c(N)nc(N)nc1-c1cc(Cl)cc(Cl)c1Cl. The number of hydrogen-bond acceptors (Lipinski definition) is 4. The van der Waals surface area contributed by atoms with E-state index in [0.717, 1.165) is 0 Å². The first kappa shape index (κ1) is 13.2. The predicted octanol–water partition coefficient (Wildman–Crippen LogP) is 3.58. The highest BCUT2D eigenvalue weighted by Crippen LogP contribution is 2.37. The Morgan fingerprint density at radius 1 is 1.06 bits per heavy atom. The molecular weight excluding hydrogens is 295 g/mol. The summed E-state index contributed by atoms with van der Waals surface area (Å²) in [6, 6.07) is 3.21. The van der Waals surface area contributed by atoms with E-state index in [1.165, 1.54) is 0 Å². The second-order valence-electron chi connectivity index (χ2n) is 3.69. The molecule has 0 aliphatic heterocycles. The predicted molar refractivity (Wildman–Crippen MR) is 76.1 cm³/mol. The van der Waals surface area contributed by atoms with Crippen LogP contribution in [0.25, 0.3) is 11.3 Å². The lowest BCUT2D eigenvalue weighted by Gasteiger charge is -2.11. The Balaban J connectivity index is 2.77. The van der Waals surface area contributed by atoms with Gasteiger partial charge >= 0.3 is 0 Å². The number of anilines is 2. The first-order valence-electron chi connectivity index (χ1n) is 4.94. The fraction of sp³-hybridized carbons (Fsp3) is 0.0909. The van der Waals surface area contributed by atoms with E-state index < -0.39 is 0 Å². The first-order valence-corrected chi connectivity index (χ1v) is 6.08. The Morgan fingerprint density at radius 3 is 2.39 bits per heavy atom. The molecule has 0 atom stereocenters. The molecule has 1 heterocycles. The fourth-order valence-corrected chi connectivity index (χ4v) is 2.23. The van der Waals surface area contributed by atoms with Gasteiger partial charge in [0.25, 0.3) is 0 Å². The normalized spacial score (nSPS) is 10.7. The number of nitrogen functional groups attached to an aromatic ring is 2. The van der Waals surface area contributed by atoms with Crippen molar-refractivity contribution in [2.75, 3.05) is 11.5 Å². The molecule has 0 saturated heterocycles. The smallest absolute Gasteiger partial charge is 0.222 e. The molecule has 2 aromatic rings. The minimum absolute atomic E-state index is 0.0697. The van der Waals surface area contributed by atoms with Crippen LogP contribution in [0.1, 0.15) is 5.56 Å². The summed E-state index contributed by atoms with van der Waals surface area (Å²) in [4.78, 5) is 8.00. The Bertz CT molecular complexity index is 573. The molecule has 1 aromatic carbocycles. The van der Waals surface area contributed by atoms with Crippen LogP contribution in [0.2, 0.25) is 15.1 Å². The average molecular weight is 304 g/mol. The summed E-state index contributed by atoms with van der Waals surface area (Å²) in [6.45, 7) is 1.77. The van der Waals surface area contributed by atoms with Gasteiger partial charge in [-0.05, 0) is 19.1 Å². The van der Waals surface area contributed by atoms with Gasteiger partial charge in [-0.2, -0.15) is 4.98 Å². The van der Waals surface area contributed by atoms with Crippen molar-refractivity contribution in [2.45, 2.75) is 6.92 Å². The summed E-state index contributed by atoms with van der Waals surface area (Å²) < 4.78 is 0. The largest absolute Gasteiger partial charge is 0.383 e. The van der Waals surface area contributed by atoms with E-state index in [1.54, 1.807) is 19.1 Å². The summed E-state index contributed by atoms with van der Waals surface area (Å²) >= 11 is 18.1. The highest BCUT2D eigenvalue weighted by molar-refractivity contribution is 6.45. The van der Waals surface area contributed by atoms with Crippen LogP contribution in [0.4, 0.5) is 11.8 Å². The molecule has 0 aliphatic carbocycles. The van der Waals surface area contributed by atoms with Gasteiger partial charge in [0.2, 0.25) is 5.95 Å². The van der Waals surface area contributed by atoms with Crippen molar-refractivity contribution in [3.8, 4) is 11.3 Å². The van der Waals surface area contributed by atoms with E-state index in [0.29, 0.717) is 37.7 Å². The number of hydrogen-bond donors (Lipinski definition) is 2. The zero-order chi connectivity index (χ0) is 13.4. The van der Waals surface area contributed by atoms with Crippen LogP contribution in [-0.4, -0.2) is 9.97 Å². The molecule has 0 saturated carbocycles. The van der Waals surface area contributed by atoms with Gasteiger partial charge in [-0.15, -0.1) is 0 Å². The second kappa shape index (κ2) is 4.80. The lowest BCUT2D eigenvalue weighted by molar-refractivity contribution is 1.16. The van der Waals surface area contributed by atoms with Crippen LogP contribution in [0, 0.1) is 6.92 Å². The van der Waals surface area contributed by atoms with E-state index >= 15 is 0 Å². The van der Waals surface area contributed by atoms with Crippen molar-refractivity contribution < 1.29 is 0 Å². The van der Waals surface area contributed by atoms with Crippen molar-refractivity contribution in [3.63, 3.8) is 0 Å². The summed E-state index contributed by atoms with van der Waals surface area (Å²) in [5, 5.41) is 1.14. The van der Waals surface area contributed by atoms with E-state index in [2.05, 4.69) is 9.97 Å². The zero-order valence-corrected chi connectivity index (χ0v) is 11.6. The van der Waals surface area contributed by atoms with E-state index in [1.807, 2.05) is 0 Å². The Labute approximate surface area is 119 Å². The summed E-state index contributed by atoms with van der Waals surface area (Å²) in [6.07, 6.45) is 0. The van der Waals surface area contributed by atoms with Crippen LogP contribution in [-0.2, 0) is 0 Å². The molecule has 0 bridgehead atoms. The number of benzene rings is 1. The van der Waals surface area contributed by atoms with Crippen LogP contribution < -0.4 is 11.5 Å². The van der Waals surface area contributed by atoms with Gasteiger partial charge in [0.1, 0.15) is 5.82 Å². The van der Waals surface area contributed by atoms with E-state index in [-0.39, 0.29) is 5.95 Å². The molecule has 0 spiro atoms. The number of nitrogens with zero attached hydrogens (tertiary/aromatic N) is 2. The monoisotopic (exact) mass is 302 g/mol. The Kier molecular flexibility index (Phi) is 3.52. The maximum atomic E-state index is 6.14. The number of nitrogens with two attached hydrogens (primary N) is 2. The topological polar surface area (TPSA) is 77.8 Å². The van der Waals surface area contributed by atoms with Crippen LogP contribution in [0.5, 0.6) is 0 Å². The highest BCUT2D eigenvalue weighted by atomic mass is 35.5. The number of rotatable bonds is 1. The third-order valence-corrected chi connectivity index (χ3v) is 3.47. The van der Waals surface area contributed by atoms with Crippen molar-refractivity contribution >= 4 is 46.6 Å². The molecule has 1 aromatic heterocycles. The molecule has 0 aliphatic rings. The molecule has 4 nitrogen and oxygen atoms in total. The maximum absolute atomic E-state index is 6.14. The molecule has 0 radical (unpaired) electrons. The van der Waals surface area contributed by atoms with Gasteiger partial charge in [0, 0.05) is 16.1 Å². The second-order valence-corrected chi connectivity index (χ2v) is 4.91. The van der Waals surface area contributed by atoms with Gasteiger partial charge in [-0.25, -0.2) is 4.98 Å². The maximum Gasteiger partial charge on any atom is 0.222 e. The molecule has 2 rings (SSSR count). The Morgan fingerprint density at radius 2 is 1.72 bits per heavy atom. The third kappa shape index (κ3) is 2.32. The van der Waals surface area contributed by atoms with Crippen LogP contribution in [0.3, 0.4) is 0 Å². The van der Waals surface area contributed by atoms with E-state index in [9.17, 15) is 0 Å². The lowest BCUT2D eigenvalue weighted by Crippen LogP contribution is -2.04. The van der Waals surface area contributed by atoms with Crippen molar-refractivity contribution in [1.29, 1.82) is 0 Å². The minimum Gasteiger partial charge on any atom is -0.383 e. The standard InChI is InChI=1S/C11H9Cl3N4/c1-4-9(17-11(16)18-10(4)15)6-2-5(12)3-7(13)8(6)14/h2-3H,1H3,(H4,15,16,17,18). The molecule has 0 fully saturated rings. The fourth-order valence-electron chi connectivity index (χ4n) is 1.54. The van der Waals surface area contributed by atoms with Crippen LogP contribution >= 0.6 is 34.8 Å². The molecule has 0 amide bonds. The van der Waals surface area contributed by atoms with E-state index in [4.69, 9.17) is 46.3 Å². The van der Waals surface area contributed by atoms with Crippen molar-refractivity contribution in [3.05, 3.63) is 32.8 Å². The molecular formula is C11H9Cl3N4. The summed E-state index contributed by atoms with van der Waals surface area (Å²) in [7, 11) is 0. The first-order chi connectivity index (χ1) is 8.40. The minimum atomic E-state index is 0.0697. The van der Waals surface area contributed by atoms with Crippen LogP contribution in [0.15, 0.2) is 12.1 Å². The average Bonchev–Trinajstić information content (AvgIpc) is 2.28. The zero-order valence-electron chi connectivity index (χ0n) is 9.34. The Hall–Kier alpha value is -1.23. The molecule has 7 heteroatoms. The highest BCUT2D eigenvalue weighted by Gasteiger charge is 2.15. The number of aromatic nitrogens is 2. The third-order valence-electron chi connectivity index (χ3n) is 2.45. The molecule has 94 valence electrons. The lowest BCUT2D eigenvalue weighted by atomic mass is 10.1. The van der Waals surface area contributed by atoms with Crippen molar-refractivity contribution in [1.82, 2.24) is 9.97 Å². The molecule has 18 heavy (non-hydrogen) atoms. The van der Waals surface area contributed by atoms with Gasteiger partial charge in [0.05, 0.1) is 15.7 Å². The molecule has 0 unspecified atom stereocenters. The van der Waals surface area contributed by atoms with Gasteiger partial charge in [-0.3, -0.25) is 0 Å². The number of halogens is 3. The summed E-state index contributed by atoms with van der Waals surface area (Å²) in [5.74, 6) is 0.366. The van der Waals surface area contributed by atoms with Gasteiger partial charge in [-0.1, -0.05) is 34.8 Å². The summed E-state index contributed by atoms with van der Waals surface area (Å²) in [5.41, 5.74) is 13.1.